The zero-order valence-corrected chi connectivity index (χ0v) is 36.3. The number of ether oxygens (including phenoxy) is 2. The van der Waals surface area contributed by atoms with E-state index in [0.717, 1.165) is 61.4 Å². The molecule has 4 atom stereocenters. The fourth-order valence-corrected chi connectivity index (χ4v) is 4.44. The van der Waals surface area contributed by atoms with Gasteiger partial charge in [-0.1, -0.05) is 78.7 Å². The van der Waals surface area contributed by atoms with Crippen LogP contribution in [0.4, 0.5) is 0 Å². The van der Waals surface area contributed by atoms with E-state index in [1.54, 1.807) is 36.4 Å². The van der Waals surface area contributed by atoms with Crippen LogP contribution in [0.1, 0.15) is 61.0 Å². The highest BCUT2D eigenvalue weighted by molar-refractivity contribution is 9.10. The smallest absolute Gasteiger partial charge is 0.337 e. The Labute approximate surface area is 318 Å². The first-order valence-electron chi connectivity index (χ1n) is 14.2. The molecule has 0 saturated carbocycles. The Morgan fingerprint density at radius 1 is 0.755 bits per heavy atom. The fourth-order valence-electron chi connectivity index (χ4n) is 3.70. The molecule has 0 fully saturated rings. The maximum atomic E-state index is 11.8. The number of aryl methyl sites for hydroxylation is 1. The van der Waals surface area contributed by atoms with Gasteiger partial charge in [0.25, 0.3) is 0 Å². The molecule has 0 radical (unpaired) electrons. The van der Waals surface area contributed by atoms with Crippen LogP contribution in [0, 0.1) is 31.6 Å². The van der Waals surface area contributed by atoms with Crippen molar-refractivity contribution in [1.82, 2.24) is 0 Å². The molecule has 0 aromatic heterocycles. The molecule has 0 N–H and O–H groups in total. The van der Waals surface area contributed by atoms with Crippen LogP contribution >= 0.6 is 73.6 Å². The lowest BCUT2D eigenvalue weighted by atomic mass is 9.95. The van der Waals surface area contributed by atoms with Crippen molar-refractivity contribution >= 4 is 96.7 Å². The Morgan fingerprint density at radius 3 is 1.55 bits per heavy atom. The molecular formula is C38H39Br2O4P5. The highest BCUT2D eigenvalue weighted by atomic mass is 79.9. The van der Waals surface area contributed by atoms with E-state index < -0.39 is 0 Å². The third-order valence-electron chi connectivity index (χ3n) is 6.36. The second kappa shape index (κ2) is 23.8. The summed E-state index contributed by atoms with van der Waals surface area (Å²) < 4.78 is 11.2. The van der Waals surface area contributed by atoms with Gasteiger partial charge in [-0.2, -0.15) is 0 Å². The molecule has 254 valence electrons. The fraction of sp³-hybridized carbons (Fsp3) is 0.105. The quantitative estimate of drug-likeness (QED) is 0.110. The Kier molecular flexibility index (Phi) is 21.7. The molecule has 0 spiro atoms. The van der Waals surface area contributed by atoms with Crippen LogP contribution in [0.25, 0.3) is 11.1 Å². The number of hydrogen-bond acceptors (Lipinski definition) is 4. The van der Waals surface area contributed by atoms with Crippen molar-refractivity contribution in [2.24, 2.45) is 0 Å². The average molecular weight is 874 g/mol. The first-order chi connectivity index (χ1) is 23.2. The predicted molar refractivity (Wildman–Crippen MR) is 232 cm³/mol. The van der Waals surface area contributed by atoms with Crippen molar-refractivity contribution in [1.29, 1.82) is 0 Å². The number of allylic oxidation sites excluding steroid dienone is 1. The largest absolute Gasteiger partial charge is 0.465 e. The molecular weight excluding hydrogens is 835 g/mol. The maximum absolute atomic E-state index is 11.8. The lowest BCUT2D eigenvalue weighted by Gasteiger charge is -2.13. The lowest BCUT2D eigenvalue weighted by Crippen LogP contribution is -2.03. The third kappa shape index (κ3) is 16.0. The molecule has 0 aliphatic heterocycles. The summed E-state index contributed by atoms with van der Waals surface area (Å²) in [5.41, 5.74) is 8.61. The number of carbonyl (C=O) groups excluding carboxylic acids is 2. The van der Waals surface area contributed by atoms with Gasteiger partial charge in [0.2, 0.25) is 0 Å². The minimum atomic E-state index is -0.354. The van der Waals surface area contributed by atoms with Crippen LogP contribution in [0.5, 0.6) is 0 Å². The lowest BCUT2D eigenvalue weighted by molar-refractivity contribution is 0.0592. The summed E-state index contributed by atoms with van der Waals surface area (Å²) >= 11 is 6.86. The van der Waals surface area contributed by atoms with Gasteiger partial charge in [-0.05, 0) is 125 Å². The van der Waals surface area contributed by atoms with Gasteiger partial charge in [0.05, 0.1) is 25.3 Å². The van der Waals surface area contributed by atoms with Gasteiger partial charge in [0, 0.05) is 20.1 Å². The molecule has 0 saturated heterocycles. The van der Waals surface area contributed by atoms with Gasteiger partial charge < -0.3 is 9.47 Å². The van der Waals surface area contributed by atoms with E-state index in [1.165, 1.54) is 14.2 Å². The monoisotopic (exact) mass is 872 g/mol. The predicted octanol–water partition coefficient (Wildman–Crippen LogP) is 12.0. The Hall–Kier alpha value is -2.47. The topological polar surface area (TPSA) is 52.6 Å². The number of benzene rings is 4. The molecule has 0 amide bonds. The molecule has 11 heteroatoms. The van der Waals surface area contributed by atoms with Crippen LogP contribution < -0.4 is 0 Å². The van der Waals surface area contributed by atoms with Crippen LogP contribution in [-0.4, -0.2) is 26.2 Å². The van der Waals surface area contributed by atoms with E-state index in [9.17, 15) is 9.59 Å². The summed E-state index contributed by atoms with van der Waals surface area (Å²) in [6.07, 6.45) is 10.3. The molecule has 49 heavy (non-hydrogen) atoms. The molecule has 4 unspecified atom stereocenters. The molecule has 4 aromatic carbocycles. The van der Waals surface area contributed by atoms with Crippen molar-refractivity contribution in [3.63, 3.8) is 0 Å². The highest BCUT2D eigenvalue weighted by Crippen LogP contribution is 2.71. The number of methoxy groups -OCH3 is 2. The zero-order valence-electron chi connectivity index (χ0n) is 27.7. The van der Waals surface area contributed by atoms with Crippen molar-refractivity contribution in [3.05, 3.63) is 152 Å². The van der Waals surface area contributed by atoms with Crippen LogP contribution in [0.2, 0.25) is 0 Å². The number of esters is 2. The van der Waals surface area contributed by atoms with Gasteiger partial charge in [0.15, 0.2) is 0 Å². The van der Waals surface area contributed by atoms with E-state index in [1.807, 2.05) is 62.4 Å². The maximum Gasteiger partial charge on any atom is 0.337 e. The molecule has 0 bridgehead atoms. The summed E-state index contributed by atoms with van der Waals surface area (Å²) in [5.74, 6) is 4.36. The van der Waals surface area contributed by atoms with E-state index in [2.05, 4.69) is 88.4 Å². The molecule has 0 aliphatic rings. The molecule has 4 rings (SSSR count). The first kappa shape index (κ1) is 44.6. The van der Waals surface area contributed by atoms with E-state index in [-0.39, 0.29) is 18.9 Å². The second-order valence-corrected chi connectivity index (χ2v) is 25.5. The van der Waals surface area contributed by atoms with Crippen molar-refractivity contribution < 1.29 is 19.1 Å². The Morgan fingerprint density at radius 2 is 1.16 bits per heavy atom. The first-order valence-corrected chi connectivity index (χ1v) is 24.0. The van der Waals surface area contributed by atoms with Crippen LogP contribution in [0.15, 0.2) is 107 Å². The molecule has 4 nitrogen and oxygen atoms in total. The van der Waals surface area contributed by atoms with Gasteiger partial charge in [-0.15, -0.1) is 39.6 Å². The standard InChI is InChI=1S/C20H19BrO2.C10H6.C8H7BrO2.H7P5/c1-12(2)15-6-8-16(9-7-15)14(4)18-11-17(20(22)23-5)10-13(3)19(18)21;1-3-9-5-7-10(4-2)8-6-9;1-11-8(10)6-2-4-7(9)5-3-6;1-4-5(2)3/h6-11H,1,4H2,2-3,5H3;1-2,5-8H;2-5H,1H3;4H,1-3H2. The van der Waals surface area contributed by atoms with Crippen LogP contribution in [-0.2, 0) is 9.47 Å². The average Bonchev–Trinajstić information content (AvgIpc) is 3.12. The van der Waals surface area contributed by atoms with Gasteiger partial charge in [-0.3, -0.25) is 0 Å². The normalized spacial score (nSPS) is 9.71. The van der Waals surface area contributed by atoms with E-state index in [4.69, 9.17) is 17.6 Å². The zero-order chi connectivity index (χ0) is 37.1. The molecule has 4 aromatic rings. The Balaban J connectivity index is 0.000000382. The summed E-state index contributed by atoms with van der Waals surface area (Å²) in [6, 6.07) is 26.0. The van der Waals surface area contributed by atoms with Gasteiger partial charge in [-0.25, -0.2) is 9.59 Å². The van der Waals surface area contributed by atoms with Crippen molar-refractivity contribution in [2.45, 2.75) is 13.8 Å². The molecule has 0 heterocycles. The number of hydrogen-bond donors (Lipinski definition) is 0. The van der Waals surface area contributed by atoms with Crippen molar-refractivity contribution in [2.75, 3.05) is 14.2 Å². The van der Waals surface area contributed by atoms with E-state index in [0.29, 0.717) is 11.1 Å². The van der Waals surface area contributed by atoms with Crippen LogP contribution in [0.3, 0.4) is 0 Å². The Bertz CT molecular complexity index is 1780. The third-order valence-corrected chi connectivity index (χ3v) is 19.9. The van der Waals surface area contributed by atoms with Crippen molar-refractivity contribution in [3.8, 4) is 24.7 Å². The number of halogens is 2. The summed E-state index contributed by atoms with van der Waals surface area (Å²) in [5, 5.41) is 0. The SMILES string of the molecule is C#Cc1ccc(C#C)cc1.C=C(C)c1ccc(C(=C)c2cc(C(=O)OC)cc(C)c2Br)cc1.COC(=O)c1ccc(Br)cc1.PPP(P)P. The second-order valence-electron chi connectivity index (χ2n) is 9.88. The summed E-state index contributed by atoms with van der Waals surface area (Å²) in [4.78, 5) is 22.7. The number of terminal acetylenes is 2. The van der Waals surface area contributed by atoms with E-state index >= 15 is 0 Å². The van der Waals surface area contributed by atoms with Gasteiger partial charge in [0.1, 0.15) is 0 Å². The minimum Gasteiger partial charge on any atom is -0.465 e. The minimum absolute atomic E-state index is 0.226. The van der Waals surface area contributed by atoms with Gasteiger partial charge >= 0.3 is 11.9 Å². The summed E-state index contributed by atoms with van der Waals surface area (Å²) in [7, 11) is 12.0. The number of rotatable bonds is 6. The highest BCUT2D eigenvalue weighted by Gasteiger charge is 2.15. The summed E-state index contributed by atoms with van der Waals surface area (Å²) in [6.45, 7) is 12.3. The molecule has 0 aliphatic carbocycles. The number of carbonyl (C=O) groups is 2.